The van der Waals surface area contributed by atoms with Crippen molar-refractivity contribution in [3.05, 3.63) is 22.4 Å². The molecule has 1 atom stereocenters. The minimum Gasteiger partial charge on any atom is -0.306 e. The Morgan fingerprint density at radius 2 is 1.81 bits per heavy atom. The van der Waals surface area contributed by atoms with Crippen molar-refractivity contribution in [2.45, 2.75) is 69.5 Å². The maximum Gasteiger partial charge on any atom is 0.0445 e. The second-order valence-corrected chi connectivity index (χ2v) is 8.22. The van der Waals surface area contributed by atoms with E-state index in [-0.39, 0.29) is 0 Å². The van der Waals surface area contributed by atoms with Gasteiger partial charge in [-0.15, -0.1) is 11.3 Å². The monoisotopic (exact) mass is 304 g/mol. The normalized spacial score (nSPS) is 27.2. The fourth-order valence-corrected chi connectivity index (χ4v) is 5.21. The van der Waals surface area contributed by atoms with E-state index in [1.54, 1.807) is 4.88 Å². The van der Waals surface area contributed by atoms with Gasteiger partial charge in [0.25, 0.3) is 0 Å². The first-order chi connectivity index (χ1) is 10.4. The van der Waals surface area contributed by atoms with Crippen LogP contribution in [0.15, 0.2) is 17.5 Å². The number of hydrogen-bond donors (Lipinski definition) is 1. The average Bonchev–Trinajstić information content (AvgIpc) is 3.02. The molecule has 3 fully saturated rings. The van der Waals surface area contributed by atoms with Crippen LogP contribution in [0.4, 0.5) is 0 Å². The molecule has 116 valence electrons. The third-order valence-corrected chi connectivity index (χ3v) is 6.68. The van der Waals surface area contributed by atoms with Crippen LogP contribution in [0.2, 0.25) is 0 Å². The van der Waals surface area contributed by atoms with Crippen LogP contribution in [-0.4, -0.2) is 30.1 Å². The lowest BCUT2D eigenvalue weighted by Gasteiger charge is -2.36. The Bertz CT molecular complexity index is 426. The van der Waals surface area contributed by atoms with Gasteiger partial charge in [-0.2, -0.15) is 0 Å². The molecule has 2 aliphatic carbocycles. The molecule has 0 spiro atoms. The molecule has 3 aliphatic rings. The Hall–Kier alpha value is -0.380. The lowest BCUT2D eigenvalue weighted by atomic mass is 9.94. The molecule has 4 rings (SSSR count). The number of rotatable bonds is 5. The highest BCUT2D eigenvalue weighted by atomic mass is 32.1. The molecule has 0 aromatic carbocycles. The van der Waals surface area contributed by atoms with Gasteiger partial charge in [0.2, 0.25) is 0 Å². The molecule has 1 aromatic heterocycles. The first kappa shape index (κ1) is 14.2. The predicted octanol–water partition coefficient (Wildman–Crippen LogP) is 4.20. The van der Waals surface area contributed by atoms with Crippen molar-refractivity contribution >= 4 is 11.3 Å². The van der Waals surface area contributed by atoms with E-state index in [0.29, 0.717) is 6.04 Å². The van der Waals surface area contributed by atoms with E-state index in [1.807, 2.05) is 11.3 Å². The van der Waals surface area contributed by atoms with Crippen molar-refractivity contribution in [1.29, 1.82) is 0 Å². The third kappa shape index (κ3) is 3.35. The van der Waals surface area contributed by atoms with Crippen LogP contribution in [0.25, 0.3) is 0 Å². The number of nitrogens with zero attached hydrogens (tertiary/aromatic N) is 1. The summed E-state index contributed by atoms with van der Waals surface area (Å²) in [6.07, 6.45) is 11.3. The van der Waals surface area contributed by atoms with Crippen molar-refractivity contribution in [3.8, 4) is 0 Å². The van der Waals surface area contributed by atoms with Crippen LogP contribution in [0, 0.1) is 5.92 Å². The van der Waals surface area contributed by atoms with Crippen molar-refractivity contribution in [1.82, 2.24) is 10.2 Å². The number of piperidine rings is 1. The SMILES string of the molecule is c1csc(C(NC2CCN(C3CC3)CC2)C2CCCC2)c1. The Morgan fingerprint density at radius 1 is 1.05 bits per heavy atom. The molecular formula is C18H28N2S. The van der Waals surface area contributed by atoms with Gasteiger partial charge < -0.3 is 10.2 Å². The molecule has 21 heavy (non-hydrogen) atoms. The zero-order valence-electron chi connectivity index (χ0n) is 13.0. The zero-order chi connectivity index (χ0) is 14.1. The summed E-state index contributed by atoms with van der Waals surface area (Å²) in [5.41, 5.74) is 0. The van der Waals surface area contributed by atoms with E-state index >= 15 is 0 Å². The second-order valence-electron chi connectivity index (χ2n) is 7.25. The van der Waals surface area contributed by atoms with Gasteiger partial charge in [-0.1, -0.05) is 18.9 Å². The van der Waals surface area contributed by atoms with Crippen LogP contribution in [0.3, 0.4) is 0 Å². The molecule has 1 aliphatic heterocycles. The third-order valence-electron chi connectivity index (χ3n) is 5.73. The van der Waals surface area contributed by atoms with Gasteiger partial charge >= 0.3 is 0 Å². The van der Waals surface area contributed by atoms with Crippen molar-refractivity contribution < 1.29 is 0 Å². The molecule has 0 radical (unpaired) electrons. The first-order valence-corrected chi connectivity index (χ1v) is 9.81. The van der Waals surface area contributed by atoms with Gasteiger partial charge in [0.1, 0.15) is 0 Å². The van der Waals surface area contributed by atoms with Crippen molar-refractivity contribution in [3.63, 3.8) is 0 Å². The number of hydrogen-bond acceptors (Lipinski definition) is 3. The molecule has 0 amide bonds. The molecule has 2 heterocycles. The fraction of sp³-hybridized carbons (Fsp3) is 0.778. The highest BCUT2D eigenvalue weighted by molar-refractivity contribution is 7.10. The van der Waals surface area contributed by atoms with Crippen LogP contribution >= 0.6 is 11.3 Å². The maximum atomic E-state index is 4.06. The summed E-state index contributed by atoms with van der Waals surface area (Å²) in [6.45, 7) is 2.65. The van der Waals surface area contributed by atoms with Gasteiger partial charge in [0, 0.05) is 23.0 Å². The van der Waals surface area contributed by atoms with Crippen molar-refractivity contribution in [2.24, 2.45) is 5.92 Å². The maximum absolute atomic E-state index is 4.06. The number of thiophene rings is 1. The summed E-state index contributed by atoms with van der Waals surface area (Å²) in [4.78, 5) is 4.31. The topological polar surface area (TPSA) is 15.3 Å². The molecular weight excluding hydrogens is 276 g/mol. The molecule has 1 unspecified atom stereocenters. The molecule has 0 bridgehead atoms. The zero-order valence-corrected chi connectivity index (χ0v) is 13.8. The van der Waals surface area contributed by atoms with E-state index in [9.17, 15) is 0 Å². The van der Waals surface area contributed by atoms with Gasteiger partial charge in [0.05, 0.1) is 0 Å². The number of likely N-dealkylation sites (tertiary alicyclic amines) is 1. The number of nitrogens with one attached hydrogen (secondary N) is 1. The smallest absolute Gasteiger partial charge is 0.0445 e. The van der Waals surface area contributed by atoms with Gasteiger partial charge in [-0.05, 0) is 69.0 Å². The molecule has 1 N–H and O–H groups in total. The predicted molar refractivity (Wildman–Crippen MR) is 89.8 cm³/mol. The van der Waals surface area contributed by atoms with Gasteiger partial charge in [0.15, 0.2) is 0 Å². The van der Waals surface area contributed by atoms with E-state index in [1.165, 1.54) is 64.5 Å². The highest BCUT2D eigenvalue weighted by Crippen LogP contribution is 2.38. The molecule has 2 nitrogen and oxygen atoms in total. The van der Waals surface area contributed by atoms with Gasteiger partial charge in [-0.3, -0.25) is 0 Å². The van der Waals surface area contributed by atoms with Gasteiger partial charge in [-0.25, -0.2) is 0 Å². The Kier molecular flexibility index (Phi) is 4.33. The van der Waals surface area contributed by atoms with Crippen LogP contribution in [0.1, 0.15) is 62.3 Å². The van der Waals surface area contributed by atoms with E-state index in [0.717, 1.165) is 18.0 Å². The van der Waals surface area contributed by atoms with Crippen molar-refractivity contribution in [2.75, 3.05) is 13.1 Å². The van der Waals surface area contributed by atoms with E-state index < -0.39 is 0 Å². The quantitative estimate of drug-likeness (QED) is 0.877. The first-order valence-electron chi connectivity index (χ1n) is 8.93. The molecule has 1 aromatic rings. The summed E-state index contributed by atoms with van der Waals surface area (Å²) < 4.78 is 0. The molecule has 1 saturated heterocycles. The summed E-state index contributed by atoms with van der Waals surface area (Å²) >= 11 is 1.95. The van der Waals surface area contributed by atoms with Crippen LogP contribution in [0.5, 0.6) is 0 Å². The standard InChI is InChI=1S/C18H28N2S/c1-2-5-14(4-1)18(17-6-3-13-21-17)19-15-9-11-20(12-10-15)16-7-8-16/h3,6,13-16,18-19H,1-2,4-5,7-12H2. The van der Waals surface area contributed by atoms with Crippen LogP contribution < -0.4 is 5.32 Å². The minimum absolute atomic E-state index is 0.630. The highest BCUT2D eigenvalue weighted by Gasteiger charge is 2.34. The van der Waals surface area contributed by atoms with E-state index in [2.05, 4.69) is 27.7 Å². The summed E-state index contributed by atoms with van der Waals surface area (Å²) in [7, 11) is 0. The lowest BCUT2D eigenvalue weighted by Crippen LogP contribution is -2.45. The summed E-state index contributed by atoms with van der Waals surface area (Å²) in [5.74, 6) is 0.880. The summed E-state index contributed by atoms with van der Waals surface area (Å²) in [6, 6.07) is 6.89. The molecule has 2 saturated carbocycles. The average molecular weight is 305 g/mol. The Morgan fingerprint density at radius 3 is 2.43 bits per heavy atom. The fourth-order valence-electron chi connectivity index (χ4n) is 4.33. The lowest BCUT2D eigenvalue weighted by molar-refractivity contribution is 0.175. The Labute approximate surface area is 132 Å². The van der Waals surface area contributed by atoms with E-state index in [4.69, 9.17) is 0 Å². The molecule has 3 heteroatoms. The minimum atomic E-state index is 0.630. The second kappa shape index (κ2) is 6.39. The largest absolute Gasteiger partial charge is 0.306 e. The Balaban J connectivity index is 1.37. The summed E-state index contributed by atoms with van der Waals surface area (Å²) in [5, 5.41) is 6.31. The van der Waals surface area contributed by atoms with Crippen LogP contribution in [-0.2, 0) is 0 Å².